The molecule has 32 heavy (non-hydrogen) atoms. The monoisotopic (exact) mass is 473 g/mol. The second-order valence-corrected chi connectivity index (χ2v) is 11.1. The molecule has 0 aliphatic rings. The van der Waals surface area contributed by atoms with Gasteiger partial charge in [-0.25, -0.2) is 12.7 Å². The summed E-state index contributed by atoms with van der Waals surface area (Å²) in [6, 6.07) is 17.5. The Morgan fingerprint density at radius 1 is 0.969 bits per heavy atom. The molecule has 3 rings (SSSR count). The molecule has 1 atom stereocenters. The van der Waals surface area contributed by atoms with Gasteiger partial charge in [-0.05, 0) is 43.8 Å². The first-order valence-corrected chi connectivity index (χ1v) is 12.9. The van der Waals surface area contributed by atoms with Crippen molar-refractivity contribution in [2.24, 2.45) is 0 Å². The highest BCUT2D eigenvalue weighted by Gasteiger charge is 2.22. The standard InChI is InChI=1S/C23H31N5O2S2/c1-6-21(26(2)3)22-24-25-23(28(22)16-18-11-8-7-9-12-18)31-17-19-13-10-14-20(15-19)32(29,30)27(4)5/h7-15,21H,6,16-17H2,1-5H3/t21-/m0/s1. The van der Waals surface area contributed by atoms with Gasteiger partial charge in [0.1, 0.15) is 0 Å². The predicted molar refractivity (Wildman–Crippen MR) is 129 cm³/mol. The number of nitrogens with zero attached hydrogens (tertiary/aromatic N) is 5. The van der Waals surface area contributed by atoms with E-state index in [1.165, 1.54) is 9.87 Å². The topological polar surface area (TPSA) is 71.3 Å². The summed E-state index contributed by atoms with van der Waals surface area (Å²) in [4.78, 5) is 2.46. The van der Waals surface area contributed by atoms with Gasteiger partial charge in [-0.2, -0.15) is 0 Å². The van der Waals surface area contributed by atoms with E-state index in [9.17, 15) is 8.42 Å². The third-order valence-electron chi connectivity index (χ3n) is 5.28. The van der Waals surface area contributed by atoms with E-state index in [2.05, 4.69) is 52.8 Å². The van der Waals surface area contributed by atoms with E-state index in [1.807, 2.05) is 24.3 Å². The summed E-state index contributed by atoms with van der Waals surface area (Å²) in [5, 5.41) is 9.87. The number of hydrogen-bond acceptors (Lipinski definition) is 6. The smallest absolute Gasteiger partial charge is 0.242 e. The van der Waals surface area contributed by atoms with Gasteiger partial charge < -0.3 is 4.57 Å². The van der Waals surface area contributed by atoms with Crippen LogP contribution < -0.4 is 0 Å². The average Bonchev–Trinajstić information content (AvgIpc) is 3.15. The normalized spacial score (nSPS) is 13.1. The van der Waals surface area contributed by atoms with E-state index < -0.39 is 10.0 Å². The number of rotatable bonds is 10. The van der Waals surface area contributed by atoms with E-state index in [1.54, 1.807) is 44.1 Å². The largest absolute Gasteiger partial charge is 0.300 e. The Morgan fingerprint density at radius 3 is 2.28 bits per heavy atom. The van der Waals surface area contributed by atoms with E-state index in [0.717, 1.165) is 23.0 Å². The van der Waals surface area contributed by atoms with E-state index in [0.29, 0.717) is 17.2 Å². The summed E-state index contributed by atoms with van der Waals surface area (Å²) in [5.74, 6) is 1.54. The van der Waals surface area contributed by atoms with Crippen molar-refractivity contribution < 1.29 is 8.42 Å². The lowest BCUT2D eigenvalue weighted by Crippen LogP contribution is -2.23. The number of sulfonamides is 1. The quantitative estimate of drug-likeness (QED) is 0.416. The van der Waals surface area contributed by atoms with Crippen molar-refractivity contribution in [2.45, 2.75) is 41.7 Å². The van der Waals surface area contributed by atoms with Crippen molar-refractivity contribution in [3.05, 3.63) is 71.5 Å². The van der Waals surface area contributed by atoms with Gasteiger partial charge in [0.25, 0.3) is 0 Å². The molecule has 0 aliphatic heterocycles. The molecule has 0 radical (unpaired) electrons. The molecule has 1 heterocycles. The van der Waals surface area contributed by atoms with Crippen LogP contribution in [0.1, 0.15) is 36.3 Å². The Labute approximate surface area is 195 Å². The van der Waals surface area contributed by atoms with Gasteiger partial charge in [0.05, 0.1) is 17.5 Å². The average molecular weight is 474 g/mol. The Hall–Kier alpha value is -2.20. The Morgan fingerprint density at radius 2 is 1.66 bits per heavy atom. The predicted octanol–water partition coefficient (Wildman–Crippen LogP) is 3.88. The van der Waals surface area contributed by atoms with Crippen molar-refractivity contribution in [3.8, 4) is 0 Å². The highest BCUT2D eigenvalue weighted by molar-refractivity contribution is 7.98. The summed E-state index contributed by atoms with van der Waals surface area (Å²) >= 11 is 1.57. The van der Waals surface area contributed by atoms with E-state index >= 15 is 0 Å². The van der Waals surface area contributed by atoms with Crippen LogP contribution in [-0.4, -0.2) is 60.6 Å². The number of hydrogen-bond donors (Lipinski definition) is 0. The van der Waals surface area contributed by atoms with E-state index in [-0.39, 0.29) is 6.04 Å². The van der Waals surface area contributed by atoms with Gasteiger partial charge in [0.15, 0.2) is 11.0 Å². The molecule has 3 aromatic rings. The zero-order valence-electron chi connectivity index (χ0n) is 19.3. The summed E-state index contributed by atoms with van der Waals surface area (Å²) in [5.41, 5.74) is 2.11. The fourth-order valence-corrected chi connectivity index (χ4v) is 5.36. The highest BCUT2D eigenvalue weighted by Crippen LogP contribution is 2.28. The highest BCUT2D eigenvalue weighted by atomic mass is 32.2. The van der Waals surface area contributed by atoms with Gasteiger partial charge in [-0.15, -0.1) is 10.2 Å². The molecule has 0 saturated carbocycles. The summed E-state index contributed by atoms with van der Waals surface area (Å²) in [6.07, 6.45) is 0.926. The maximum absolute atomic E-state index is 12.5. The molecule has 2 aromatic carbocycles. The third-order valence-corrected chi connectivity index (χ3v) is 8.13. The van der Waals surface area contributed by atoms with Crippen molar-refractivity contribution in [1.82, 2.24) is 24.0 Å². The van der Waals surface area contributed by atoms with Crippen molar-refractivity contribution in [1.29, 1.82) is 0 Å². The second kappa shape index (κ2) is 10.6. The molecule has 7 nitrogen and oxygen atoms in total. The molecule has 9 heteroatoms. The number of benzene rings is 2. The van der Waals surface area contributed by atoms with Gasteiger partial charge in [0.2, 0.25) is 10.0 Å². The van der Waals surface area contributed by atoms with Crippen LogP contribution >= 0.6 is 11.8 Å². The lowest BCUT2D eigenvalue weighted by atomic mass is 10.2. The van der Waals surface area contributed by atoms with Crippen molar-refractivity contribution >= 4 is 21.8 Å². The molecule has 0 unspecified atom stereocenters. The molecular weight excluding hydrogens is 442 g/mol. The Bertz CT molecular complexity index is 1130. The lowest BCUT2D eigenvalue weighted by molar-refractivity contribution is 0.272. The van der Waals surface area contributed by atoms with Crippen LogP contribution in [0.4, 0.5) is 0 Å². The molecule has 1 aromatic heterocycles. The van der Waals surface area contributed by atoms with Crippen LogP contribution in [-0.2, 0) is 22.3 Å². The molecule has 0 amide bonds. The van der Waals surface area contributed by atoms with Crippen LogP contribution in [0.5, 0.6) is 0 Å². The first-order chi connectivity index (χ1) is 15.2. The molecular formula is C23H31N5O2S2. The fourth-order valence-electron chi connectivity index (χ4n) is 3.50. The number of aromatic nitrogens is 3. The third kappa shape index (κ3) is 5.58. The zero-order chi connectivity index (χ0) is 23.3. The minimum Gasteiger partial charge on any atom is -0.300 e. The van der Waals surface area contributed by atoms with Gasteiger partial charge in [-0.3, -0.25) is 4.90 Å². The van der Waals surface area contributed by atoms with Crippen LogP contribution in [0, 0.1) is 0 Å². The molecule has 0 bridgehead atoms. The minimum atomic E-state index is -3.47. The summed E-state index contributed by atoms with van der Waals surface area (Å²) in [7, 11) is 3.73. The second-order valence-electron chi connectivity index (χ2n) is 8.02. The SMILES string of the molecule is CC[C@@H](c1nnc(SCc2cccc(S(=O)(=O)N(C)C)c2)n1Cc1ccccc1)N(C)C. The van der Waals surface area contributed by atoms with Crippen LogP contribution in [0.2, 0.25) is 0 Å². The zero-order valence-corrected chi connectivity index (χ0v) is 20.9. The first kappa shape index (κ1) is 24.4. The maximum atomic E-state index is 12.5. The molecule has 0 fully saturated rings. The lowest BCUT2D eigenvalue weighted by Gasteiger charge is -2.23. The van der Waals surface area contributed by atoms with Crippen molar-refractivity contribution in [2.75, 3.05) is 28.2 Å². The Balaban J connectivity index is 1.89. The Kier molecular flexibility index (Phi) is 8.10. The first-order valence-electron chi connectivity index (χ1n) is 10.5. The van der Waals surface area contributed by atoms with Crippen LogP contribution in [0.25, 0.3) is 0 Å². The fraction of sp³-hybridized carbons (Fsp3) is 0.391. The molecule has 0 spiro atoms. The minimum absolute atomic E-state index is 0.161. The maximum Gasteiger partial charge on any atom is 0.242 e. The molecule has 0 saturated heterocycles. The van der Waals surface area contributed by atoms with Gasteiger partial charge in [0, 0.05) is 19.8 Å². The van der Waals surface area contributed by atoms with Gasteiger partial charge in [-0.1, -0.05) is 61.2 Å². The van der Waals surface area contributed by atoms with Crippen LogP contribution in [0.3, 0.4) is 0 Å². The molecule has 172 valence electrons. The molecule has 0 aliphatic carbocycles. The van der Waals surface area contributed by atoms with Gasteiger partial charge >= 0.3 is 0 Å². The number of thioether (sulfide) groups is 1. The van der Waals surface area contributed by atoms with Crippen molar-refractivity contribution in [3.63, 3.8) is 0 Å². The summed E-state index contributed by atoms with van der Waals surface area (Å²) in [6.45, 7) is 2.83. The van der Waals surface area contributed by atoms with E-state index in [4.69, 9.17) is 0 Å². The summed E-state index contributed by atoms with van der Waals surface area (Å²) < 4.78 is 28.4. The van der Waals surface area contributed by atoms with Crippen LogP contribution in [0.15, 0.2) is 64.6 Å². The molecule has 0 N–H and O–H groups in total.